The molecule has 3 heterocycles. The smallest absolute Gasteiger partial charge is 0.249 e. The van der Waals surface area contributed by atoms with Crippen molar-refractivity contribution < 1.29 is 14.6 Å². The van der Waals surface area contributed by atoms with E-state index in [4.69, 9.17) is 4.74 Å². The standard InChI is InChI=1S/C18H30N4O3/c1-14-15(20-13-19-14)8-21-6-4-18(5-7-21)10-17(2,12-23)22(11-18)16(24)9-25-3/h13,23H,4-12H2,1-3H3,(H,19,20)/t17-/m0/s1. The third-order valence-corrected chi connectivity index (χ3v) is 6.03. The van der Waals surface area contributed by atoms with Crippen molar-refractivity contribution in [1.29, 1.82) is 0 Å². The summed E-state index contributed by atoms with van der Waals surface area (Å²) in [5, 5.41) is 9.92. The number of carbonyl (C=O) groups excluding carboxylic acids is 1. The highest BCUT2D eigenvalue weighted by Gasteiger charge is 2.52. The van der Waals surface area contributed by atoms with E-state index >= 15 is 0 Å². The maximum atomic E-state index is 12.4. The van der Waals surface area contributed by atoms with E-state index < -0.39 is 5.54 Å². The van der Waals surface area contributed by atoms with Crippen molar-refractivity contribution in [2.75, 3.05) is 40.0 Å². The van der Waals surface area contributed by atoms with Crippen LogP contribution in [0.25, 0.3) is 0 Å². The molecule has 0 unspecified atom stereocenters. The minimum Gasteiger partial charge on any atom is -0.394 e. The number of nitrogens with zero attached hydrogens (tertiary/aromatic N) is 3. The summed E-state index contributed by atoms with van der Waals surface area (Å²) in [6.07, 6.45) is 4.70. The Balaban J connectivity index is 1.64. The first-order valence-corrected chi connectivity index (χ1v) is 9.03. The first-order valence-electron chi connectivity index (χ1n) is 9.03. The van der Waals surface area contributed by atoms with Crippen LogP contribution in [0.15, 0.2) is 6.33 Å². The SMILES string of the molecule is COCC(=O)N1CC2(CCN(Cc3nc[nH]c3C)CC2)C[C@@]1(C)CO. The Bertz CT molecular complexity index is 609. The van der Waals surface area contributed by atoms with Gasteiger partial charge in [-0.25, -0.2) is 4.98 Å². The Morgan fingerprint density at radius 3 is 2.72 bits per heavy atom. The number of likely N-dealkylation sites (tertiary alicyclic amines) is 2. The van der Waals surface area contributed by atoms with Gasteiger partial charge in [-0.1, -0.05) is 0 Å². The van der Waals surface area contributed by atoms with E-state index in [2.05, 4.69) is 21.8 Å². The molecular weight excluding hydrogens is 320 g/mol. The summed E-state index contributed by atoms with van der Waals surface area (Å²) in [4.78, 5) is 24.2. The number of hydrogen-bond donors (Lipinski definition) is 2. The number of aryl methyl sites for hydroxylation is 1. The van der Waals surface area contributed by atoms with Gasteiger partial charge in [0.15, 0.2) is 0 Å². The Morgan fingerprint density at radius 2 is 2.16 bits per heavy atom. The quantitative estimate of drug-likeness (QED) is 0.826. The van der Waals surface area contributed by atoms with Crippen LogP contribution >= 0.6 is 0 Å². The normalized spacial score (nSPS) is 26.5. The molecule has 1 amide bonds. The maximum absolute atomic E-state index is 12.4. The molecule has 2 fully saturated rings. The lowest BCUT2D eigenvalue weighted by Gasteiger charge is -2.39. The Kier molecular flexibility index (Phi) is 5.18. The molecule has 140 valence electrons. The molecule has 2 aliphatic rings. The lowest BCUT2D eigenvalue weighted by atomic mass is 9.74. The second-order valence-electron chi connectivity index (χ2n) is 8.00. The second-order valence-corrected chi connectivity index (χ2v) is 8.00. The number of piperidine rings is 1. The predicted octanol–water partition coefficient (Wildman–Crippen LogP) is 0.930. The summed E-state index contributed by atoms with van der Waals surface area (Å²) < 4.78 is 5.03. The molecule has 0 saturated carbocycles. The molecule has 0 aliphatic carbocycles. The van der Waals surface area contributed by atoms with Crippen LogP contribution in [-0.4, -0.2) is 76.3 Å². The average molecular weight is 350 g/mol. The molecule has 0 radical (unpaired) electrons. The van der Waals surface area contributed by atoms with E-state index in [0.29, 0.717) is 0 Å². The van der Waals surface area contributed by atoms with Gasteiger partial charge in [-0.15, -0.1) is 0 Å². The minimum atomic E-state index is -0.476. The minimum absolute atomic E-state index is 0.000380. The van der Waals surface area contributed by atoms with Gasteiger partial charge >= 0.3 is 0 Å². The van der Waals surface area contributed by atoms with Gasteiger partial charge < -0.3 is 19.7 Å². The van der Waals surface area contributed by atoms with Crippen LogP contribution < -0.4 is 0 Å². The second kappa shape index (κ2) is 7.05. The molecule has 1 spiro atoms. The number of aliphatic hydroxyl groups is 1. The zero-order valence-corrected chi connectivity index (χ0v) is 15.5. The van der Waals surface area contributed by atoms with E-state index in [-0.39, 0.29) is 24.5 Å². The molecule has 25 heavy (non-hydrogen) atoms. The van der Waals surface area contributed by atoms with Gasteiger partial charge in [-0.3, -0.25) is 9.69 Å². The highest BCUT2D eigenvalue weighted by Crippen LogP contribution is 2.48. The Labute approximate surface area is 149 Å². The monoisotopic (exact) mass is 350 g/mol. The fourth-order valence-corrected chi connectivity index (χ4v) is 4.50. The number of nitrogens with one attached hydrogen (secondary N) is 1. The van der Waals surface area contributed by atoms with Crippen molar-refractivity contribution in [3.05, 3.63) is 17.7 Å². The van der Waals surface area contributed by atoms with Crippen LogP contribution in [0.5, 0.6) is 0 Å². The van der Waals surface area contributed by atoms with Crippen LogP contribution in [0.1, 0.15) is 37.6 Å². The summed E-state index contributed by atoms with van der Waals surface area (Å²) in [5.74, 6) is -0.0227. The molecule has 0 aromatic carbocycles. The average Bonchev–Trinajstić information content (AvgIpc) is 3.12. The van der Waals surface area contributed by atoms with E-state index in [0.717, 1.165) is 56.8 Å². The van der Waals surface area contributed by atoms with Gasteiger partial charge in [0.1, 0.15) is 6.61 Å². The number of ether oxygens (including phenoxy) is 1. The number of imidazole rings is 1. The molecule has 2 aliphatic heterocycles. The molecule has 0 bridgehead atoms. The van der Waals surface area contributed by atoms with Crippen LogP contribution in [0.4, 0.5) is 0 Å². The van der Waals surface area contributed by atoms with Gasteiger partial charge in [-0.2, -0.15) is 0 Å². The van der Waals surface area contributed by atoms with E-state index in [1.165, 1.54) is 7.11 Å². The molecule has 1 aromatic heterocycles. The molecule has 1 aromatic rings. The van der Waals surface area contributed by atoms with Gasteiger partial charge in [0.05, 0.1) is 24.2 Å². The highest BCUT2D eigenvalue weighted by molar-refractivity contribution is 5.78. The molecule has 2 saturated heterocycles. The zero-order chi connectivity index (χ0) is 18.1. The molecule has 3 rings (SSSR count). The number of carbonyl (C=O) groups is 1. The summed E-state index contributed by atoms with van der Waals surface area (Å²) >= 11 is 0. The van der Waals surface area contributed by atoms with Crippen LogP contribution in [0.3, 0.4) is 0 Å². The number of aromatic nitrogens is 2. The molecule has 2 N–H and O–H groups in total. The van der Waals surface area contributed by atoms with Gasteiger partial charge in [0.25, 0.3) is 0 Å². The number of aliphatic hydroxyl groups excluding tert-OH is 1. The predicted molar refractivity (Wildman–Crippen MR) is 94.0 cm³/mol. The van der Waals surface area contributed by atoms with Crippen molar-refractivity contribution in [1.82, 2.24) is 19.8 Å². The summed E-state index contributed by atoms with van der Waals surface area (Å²) in [6.45, 7) is 7.72. The lowest BCUT2D eigenvalue weighted by Crippen LogP contribution is -2.49. The van der Waals surface area contributed by atoms with Crippen LogP contribution in [-0.2, 0) is 16.1 Å². The number of methoxy groups -OCH3 is 1. The molecular formula is C18H30N4O3. The first-order chi connectivity index (χ1) is 11.9. The Morgan fingerprint density at radius 1 is 1.44 bits per heavy atom. The third kappa shape index (κ3) is 3.59. The summed E-state index contributed by atoms with van der Waals surface area (Å²) in [7, 11) is 1.54. The fraction of sp³-hybridized carbons (Fsp3) is 0.778. The summed E-state index contributed by atoms with van der Waals surface area (Å²) in [5.41, 5.74) is 1.87. The van der Waals surface area contributed by atoms with Crippen LogP contribution in [0, 0.1) is 12.3 Å². The summed E-state index contributed by atoms with van der Waals surface area (Å²) in [6, 6.07) is 0. The molecule has 7 nitrogen and oxygen atoms in total. The molecule has 1 atom stereocenters. The first kappa shape index (κ1) is 18.4. The zero-order valence-electron chi connectivity index (χ0n) is 15.5. The van der Waals surface area contributed by atoms with Crippen molar-refractivity contribution in [2.24, 2.45) is 5.41 Å². The number of hydrogen-bond acceptors (Lipinski definition) is 5. The number of amides is 1. The topological polar surface area (TPSA) is 81.7 Å². The third-order valence-electron chi connectivity index (χ3n) is 6.03. The van der Waals surface area contributed by atoms with Crippen molar-refractivity contribution in [3.63, 3.8) is 0 Å². The number of H-pyrrole nitrogens is 1. The van der Waals surface area contributed by atoms with E-state index in [1.54, 1.807) is 6.33 Å². The number of rotatable bonds is 5. The van der Waals surface area contributed by atoms with Gasteiger partial charge in [-0.05, 0) is 51.6 Å². The van der Waals surface area contributed by atoms with Crippen LogP contribution in [0.2, 0.25) is 0 Å². The Hall–Kier alpha value is -1.44. The van der Waals surface area contributed by atoms with Gasteiger partial charge in [0, 0.05) is 25.9 Å². The highest BCUT2D eigenvalue weighted by atomic mass is 16.5. The van der Waals surface area contributed by atoms with Crippen molar-refractivity contribution in [2.45, 2.75) is 45.2 Å². The fourth-order valence-electron chi connectivity index (χ4n) is 4.50. The maximum Gasteiger partial charge on any atom is 0.249 e. The van der Waals surface area contributed by atoms with Crippen molar-refractivity contribution in [3.8, 4) is 0 Å². The van der Waals surface area contributed by atoms with Gasteiger partial charge in [0.2, 0.25) is 5.91 Å². The largest absolute Gasteiger partial charge is 0.394 e. The molecule has 7 heteroatoms. The van der Waals surface area contributed by atoms with E-state index in [9.17, 15) is 9.90 Å². The number of aromatic amines is 1. The lowest BCUT2D eigenvalue weighted by molar-refractivity contribution is -0.140. The van der Waals surface area contributed by atoms with E-state index in [1.807, 2.05) is 11.8 Å². The van der Waals surface area contributed by atoms with Crippen molar-refractivity contribution >= 4 is 5.91 Å².